The first-order valence-corrected chi connectivity index (χ1v) is 5.79. The van der Waals surface area contributed by atoms with Crippen LogP contribution in [0.1, 0.15) is 31.7 Å². The summed E-state index contributed by atoms with van der Waals surface area (Å²) in [5.41, 5.74) is 3.24. The van der Waals surface area contributed by atoms with Crippen LogP contribution in [0.2, 0.25) is 0 Å². The van der Waals surface area contributed by atoms with Crippen molar-refractivity contribution in [2.24, 2.45) is 0 Å². The van der Waals surface area contributed by atoms with E-state index in [9.17, 15) is 4.79 Å². The maximum absolute atomic E-state index is 12.2. The lowest BCUT2D eigenvalue weighted by molar-refractivity contribution is -0.121. The van der Waals surface area contributed by atoms with E-state index in [1.165, 1.54) is 11.1 Å². The first-order valence-electron chi connectivity index (χ1n) is 5.79. The van der Waals surface area contributed by atoms with Crippen LogP contribution >= 0.6 is 0 Å². The van der Waals surface area contributed by atoms with E-state index in [1.807, 2.05) is 18.2 Å². The second-order valence-corrected chi connectivity index (χ2v) is 4.85. The quantitative estimate of drug-likeness (QED) is 0.659. The van der Waals surface area contributed by atoms with Gasteiger partial charge in [0, 0.05) is 5.69 Å². The zero-order valence-corrected chi connectivity index (χ0v) is 9.42. The molecule has 82 valence electrons. The predicted octanol–water partition coefficient (Wildman–Crippen LogP) is 3.01. The molecule has 1 spiro atoms. The molecule has 1 aromatic rings. The molecule has 0 saturated heterocycles. The first kappa shape index (κ1) is 9.64. The Kier molecular flexibility index (Phi) is 1.93. The highest BCUT2D eigenvalue weighted by Gasteiger charge is 2.46. The summed E-state index contributed by atoms with van der Waals surface area (Å²) < 4.78 is 0. The Labute approximate surface area is 95.4 Å². The Balaban J connectivity index is 2.14. The van der Waals surface area contributed by atoms with Crippen molar-refractivity contribution in [1.29, 1.82) is 0 Å². The smallest absolute Gasteiger partial charge is 0.235 e. The molecule has 1 amide bonds. The Morgan fingerprint density at radius 1 is 1.31 bits per heavy atom. The van der Waals surface area contributed by atoms with Gasteiger partial charge in [0.05, 0.1) is 5.41 Å². The number of amides is 1. The van der Waals surface area contributed by atoms with E-state index in [-0.39, 0.29) is 11.3 Å². The van der Waals surface area contributed by atoms with Crippen LogP contribution in [-0.4, -0.2) is 5.91 Å². The molecule has 0 aromatic heterocycles. The molecule has 0 bridgehead atoms. The molecule has 2 nitrogen and oxygen atoms in total. The molecule has 1 N–H and O–H groups in total. The minimum Gasteiger partial charge on any atom is -0.325 e. The fraction of sp³-hybridized carbons (Fsp3) is 0.357. The van der Waals surface area contributed by atoms with Crippen molar-refractivity contribution in [2.75, 3.05) is 5.32 Å². The molecule has 1 aliphatic carbocycles. The molecule has 2 heteroatoms. The van der Waals surface area contributed by atoms with Crippen molar-refractivity contribution in [3.8, 4) is 0 Å². The summed E-state index contributed by atoms with van der Waals surface area (Å²) in [6.07, 6.45) is 5.07. The number of nitrogens with one attached hydrogen (secondary N) is 1. The molecule has 16 heavy (non-hydrogen) atoms. The van der Waals surface area contributed by atoms with E-state index < -0.39 is 0 Å². The summed E-state index contributed by atoms with van der Waals surface area (Å²) >= 11 is 0. The van der Waals surface area contributed by atoms with Crippen molar-refractivity contribution in [1.82, 2.24) is 0 Å². The number of benzene rings is 1. The number of fused-ring (bicyclic) bond motifs is 2. The minimum atomic E-state index is -0.282. The molecular formula is C14H15NO. The van der Waals surface area contributed by atoms with E-state index >= 15 is 0 Å². The van der Waals surface area contributed by atoms with E-state index in [2.05, 4.69) is 24.4 Å². The number of carbonyl (C=O) groups excluding carboxylic acids is 1. The molecule has 1 aliphatic heterocycles. The third kappa shape index (κ3) is 1.16. The molecule has 0 radical (unpaired) electrons. The van der Waals surface area contributed by atoms with Gasteiger partial charge in [-0.05, 0) is 37.8 Å². The number of carbonyl (C=O) groups is 1. The van der Waals surface area contributed by atoms with Gasteiger partial charge >= 0.3 is 0 Å². The number of allylic oxidation sites excluding steroid dienone is 2. The van der Waals surface area contributed by atoms with Crippen molar-refractivity contribution < 1.29 is 4.79 Å². The van der Waals surface area contributed by atoms with E-state index in [0.29, 0.717) is 0 Å². The van der Waals surface area contributed by atoms with E-state index in [1.54, 1.807) is 0 Å². The van der Waals surface area contributed by atoms with Gasteiger partial charge in [0.15, 0.2) is 0 Å². The van der Waals surface area contributed by atoms with Crippen LogP contribution in [0.15, 0.2) is 35.9 Å². The largest absolute Gasteiger partial charge is 0.325 e. The van der Waals surface area contributed by atoms with E-state index in [0.717, 1.165) is 24.9 Å². The van der Waals surface area contributed by atoms with Crippen LogP contribution in [0.25, 0.3) is 0 Å². The summed E-state index contributed by atoms with van der Waals surface area (Å²) in [7, 11) is 0. The van der Waals surface area contributed by atoms with Crippen LogP contribution < -0.4 is 5.32 Å². The van der Waals surface area contributed by atoms with Crippen LogP contribution in [0, 0.1) is 0 Å². The second-order valence-electron chi connectivity index (χ2n) is 4.85. The van der Waals surface area contributed by atoms with E-state index in [4.69, 9.17) is 0 Å². The Bertz CT molecular complexity index is 489. The highest BCUT2D eigenvalue weighted by atomic mass is 16.2. The summed E-state index contributed by atoms with van der Waals surface area (Å²) in [4.78, 5) is 12.2. The van der Waals surface area contributed by atoms with Gasteiger partial charge in [0.1, 0.15) is 0 Å². The zero-order chi connectivity index (χ0) is 11.2. The summed E-state index contributed by atoms with van der Waals surface area (Å²) in [6.45, 7) is 2.12. The van der Waals surface area contributed by atoms with Gasteiger partial charge in [-0.15, -0.1) is 0 Å². The molecule has 1 atom stereocenters. The number of rotatable bonds is 0. The Morgan fingerprint density at radius 3 is 2.94 bits per heavy atom. The highest BCUT2D eigenvalue weighted by Crippen LogP contribution is 2.47. The Morgan fingerprint density at radius 2 is 2.12 bits per heavy atom. The highest BCUT2D eigenvalue weighted by molar-refractivity contribution is 6.06. The molecular weight excluding hydrogens is 198 g/mol. The summed E-state index contributed by atoms with van der Waals surface area (Å²) in [5, 5.41) is 3.01. The monoisotopic (exact) mass is 213 g/mol. The van der Waals surface area contributed by atoms with Gasteiger partial charge < -0.3 is 5.32 Å². The van der Waals surface area contributed by atoms with Gasteiger partial charge in [0.2, 0.25) is 5.91 Å². The fourth-order valence-electron chi connectivity index (χ4n) is 3.00. The third-order valence-corrected chi connectivity index (χ3v) is 3.77. The van der Waals surface area contributed by atoms with Gasteiger partial charge in [-0.1, -0.05) is 29.8 Å². The van der Waals surface area contributed by atoms with Gasteiger partial charge in [-0.2, -0.15) is 0 Å². The minimum absolute atomic E-state index is 0.182. The molecule has 1 aromatic carbocycles. The number of hydrogen-bond donors (Lipinski definition) is 1. The molecule has 1 unspecified atom stereocenters. The maximum Gasteiger partial charge on any atom is 0.235 e. The molecule has 3 rings (SSSR count). The first-order chi connectivity index (χ1) is 7.72. The summed E-state index contributed by atoms with van der Waals surface area (Å²) in [5.74, 6) is 0.182. The maximum atomic E-state index is 12.2. The van der Waals surface area contributed by atoms with Crippen molar-refractivity contribution >= 4 is 11.6 Å². The normalized spacial score (nSPS) is 27.6. The van der Waals surface area contributed by atoms with Crippen molar-refractivity contribution in [3.05, 3.63) is 41.5 Å². The molecule has 1 heterocycles. The zero-order valence-electron chi connectivity index (χ0n) is 9.42. The van der Waals surface area contributed by atoms with Gasteiger partial charge in [-0.3, -0.25) is 4.79 Å². The second kappa shape index (κ2) is 3.21. The predicted molar refractivity (Wildman–Crippen MR) is 64.4 cm³/mol. The van der Waals surface area contributed by atoms with Gasteiger partial charge in [-0.25, -0.2) is 0 Å². The number of para-hydroxylation sites is 1. The topological polar surface area (TPSA) is 29.1 Å². The van der Waals surface area contributed by atoms with Crippen molar-refractivity contribution in [2.45, 2.75) is 31.6 Å². The fourth-order valence-corrected chi connectivity index (χ4v) is 3.00. The van der Waals surface area contributed by atoms with Crippen LogP contribution in [0.4, 0.5) is 5.69 Å². The molecule has 2 aliphatic rings. The lowest BCUT2D eigenvalue weighted by Gasteiger charge is -2.30. The average Bonchev–Trinajstić information content (AvgIpc) is 2.53. The van der Waals surface area contributed by atoms with Gasteiger partial charge in [0.25, 0.3) is 0 Å². The van der Waals surface area contributed by atoms with Crippen LogP contribution in [-0.2, 0) is 10.2 Å². The average molecular weight is 213 g/mol. The number of anilines is 1. The molecule has 0 saturated carbocycles. The lowest BCUT2D eigenvalue weighted by atomic mass is 9.70. The Hall–Kier alpha value is -1.57. The van der Waals surface area contributed by atoms with Crippen LogP contribution in [0.5, 0.6) is 0 Å². The lowest BCUT2D eigenvalue weighted by Crippen LogP contribution is -2.36. The standard InChI is InChI=1S/C14H15NO/c1-10-5-4-8-14(9-10)11-6-2-3-7-12(11)15-13(14)16/h2-3,5-7H,4,8-9H2,1H3,(H,15,16). The van der Waals surface area contributed by atoms with Crippen LogP contribution in [0.3, 0.4) is 0 Å². The number of hydrogen-bond acceptors (Lipinski definition) is 1. The van der Waals surface area contributed by atoms with Crippen molar-refractivity contribution in [3.63, 3.8) is 0 Å². The molecule has 0 fully saturated rings. The summed E-state index contributed by atoms with van der Waals surface area (Å²) in [6, 6.07) is 8.08. The SMILES string of the molecule is CC1=CCCC2(C1)C(=O)Nc1ccccc12. The third-order valence-electron chi connectivity index (χ3n) is 3.77.